The van der Waals surface area contributed by atoms with E-state index in [9.17, 15) is 43.2 Å². The third kappa shape index (κ3) is 68.4. The van der Waals surface area contributed by atoms with E-state index in [-0.39, 0.29) is 25.7 Å². The number of hydrogen-bond acceptors (Lipinski definition) is 15. The van der Waals surface area contributed by atoms with Crippen LogP contribution in [0.25, 0.3) is 0 Å². The maximum absolute atomic E-state index is 13.1. The third-order valence-corrected chi connectivity index (χ3v) is 19.0. The van der Waals surface area contributed by atoms with Gasteiger partial charge in [-0.3, -0.25) is 37.3 Å². The lowest BCUT2D eigenvalue weighted by molar-refractivity contribution is -0.161. The van der Waals surface area contributed by atoms with Gasteiger partial charge in [0, 0.05) is 25.7 Å². The minimum Gasteiger partial charge on any atom is -0.462 e. The van der Waals surface area contributed by atoms with Gasteiger partial charge in [0.2, 0.25) is 0 Å². The molecule has 0 aromatic heterocycles. The first-order chi connectivity index (χ1) is 44.6. The number of carbonyl (C=O) groups is 4. The Hall–Kier alpha value is -1.94. The summed E-state index contributed by atoms with van der Waals surface area (Å²) in [5, 5.41) is 10.6. The second-order valence-corrected chi connectivity index (χ2v) is 31.5. The Morgan fingerprint density at radius 3 is 0.667 bits per heavy atom. The van der Waals surface area contributed by atoms with Gasteiger partial charge in [0.1, 0.15) is 19.3 Å². The van der Waals surface area contributed by atoms with Crippen LogP contribution in [0.1, 0.15) is 370 Å². The molecule has 0 rings (SSSR count). The van der Waals surface area contributed by atoms with E-state index in [2.05, 4.69) is 55.4 Å². The lowest BCUT2D eigenvalue weighted by Crippen LogP contribution is -2.30. The molecule has 0 saturated carbocycles. The lowest BCUT2D eigenvalue weighted by atomic mass is 10.0. The summed E-state index contributed by atoms with van der Waals surface area (Å²) in [6.07, 6.45) is 47.4. The summed E-state index contributed by atoms with van der Waals surface area (Å²) in [7, 11) is -9.91. The molecule has 0 saturated heterocycles. The van der Waals surface area contributed by atoms with Crippen LogP contribution in [-0.4, -0.2) is 96.7 Å². The van der Waals surface area contributed by atoms with E-state index in [0.717, 1.165) is 114 Å². The van der Waals surface area contributed by atoms with Gasteiger partial charge in [-0.05, 0) is 49.4 Å². The van der Waals surface area contributed by atoms with Crippen molar-refractivity contribution in [3.63, 3.8) is 0 Å². The van der Waals surface area contributed by atoms with Gasteiger partial charge in [-0.25, -0.2) is 9.13 Å². The first kappa shape index (κ1) is 91.1. The smallest absolute Gasteiger partial charge is 0.462 e. The zero-order valence-electron chi connectivity index (χ0n) is 60.9. The number of phosphoric acid groups is 2. The van der Waals surface area contributed by atoms with E-state index in [1.807, 2.05) is 0 Å². The zero-order chi connectivity index (χ0) is 68.9. The van der Waals surface area contributed by atoms with Crippen molar-refractivity contribution >= 4 is 39.5 Å². The quantitative estimate of drug-likeness (QED) is 0.0222. The van der Waals surface area contributed by atoms with Gasteiger partial charge in [-0.2, -0.15) is 0 Å². The van der Waals surface area contributed by atoms with Gasteiger partial charge in [0.05, 0.1) is 26.4 Å². The molecule has 0 spiro atoms. The molecule has 0 aromatic carbocycles. The van der Waals surface area contributed by atoms with Gasteiger partial charge in [0.25, 0.3) is 0 Å². The Kier molecular flexibility index (Phi) is 62.2. The number of aliphatic hydroxyl groups is 1. The molecule has 0 aliphatic heterocycles. The van der Waals surface area contributed by atoms with Gasteiger partial charge < -0.3 is 33.8 Å². The summed E-state index contributed by atoms with van der Waals surface area (Å²) in [6, 6.07) is 0. The molecule has 19 heteroatoms. The van der Waals surface area contributed by atoms with E-state index in [4.69, 9.17) is 37.0 Å². The second-order valence-electron chi connectivity index (χ2n) is 28.6. The van der Waals surface area contributed by atoms with Crippen molar-refractivity contribution in [3.05, 3.63) is 0 Å². The molecule has 3 N–H and O–H groups in total. The van der Waals surface area contributed by atoms with Crippen molar-refractivity contribution in [1.82, 2.24) is 0 Å². The van der Waals surface area contributed by atoms with Gasteiger partial charge in [-0.15, -0.1) is 0 Å². The minimum absolute atomic E-state index is 0.103. The van der Waals surface area contributed by atoms with E-state index in [1.54, 1.807) is 0 Å². The number of unbranched alkanes of at least 4 members (excludes halogenated alkanes) is 37. The minimum atomic E-state index is -4.96. The molecule has 0 fully saturated rings. The predicted octanol–water partition coefficient (Wildman–Crippen LogP) is 21.3. The van der Waals surface area contributed by atoms with Crippen molar-refractivity contribution in [2.45, 2.75) is 388 Å². The molecule has 17 nitrogen and oxygen atoms in total. The molecule has 552 valence electrons. The lowest BCUT2D eigenvalue weighted by Gasteiger charge is -2.21. The maximum atomic E-state index is 13.1. The zero-order valence-corrected chi connectivity index (χ0v) is 62.7. The van der Waals surface area contributed by atoms with Gasteiger partial charge >= 0.3 is 39.5 Å². The molecule has 0 aromatic rings. The Morgan fingerprint density at radius 1 is 0.269 bits per heavy atom. The summed E-state index contributed by atoms with van der Waals surface area (Å²) in [4.78, 5) is 72.7. The standard InChI is InChI=1S/C74H144O17P2/c1-64(2)50-42-34-26-19-15-13-11-9-10-12-14-16-21-30-38-46-54-71(76)84-60-69(90-73(78)56-48-40-31-22-18-17-20-27-35-43-51-65(3)4)62-88-92(80,81)86-58-68(75)59-87-93(82,83)89-63-70(61-85-72(77)55-47-39-33-25-29-37-45-53-67(7)8)91-74(79)57-49-41-32-24-23-28-36-44-52-66(5)6/h64-70,75H,9-63H2,1-8H3,(H,80,81)(H,82,83)/t68?,69-,70-/m1/s1. The average molecular weight is 1370 g/mol. The van der Waals surface area contributed by atoms with Crippen LogP contribution in [0.3, 0.4) is 0 Å². The van der Waals surface area contributed by atoms with Crippen molar-refractivity contribution in [1.29, 1.82) is 0 Å². The van der Waals surface area contributed by atoms with Crippen LogP contribution in [0.15, 0.2) is 0 Å². The molecule has 0 aliphatic carbocycles. The van der Waals surface area contributed by atoms with Gasteiger partial charge in [-0.1, -0.05) is 319 Å². The topological polar surface area (TPSA) is 237 Å². The van der Waals surface area contributed by atoms with Gasteiger partial charge in [0.15, 0.2) is 12.2 Å². The van der Waals surface area contributed by atoms with Crippen LogP contribution in [0, 0.1) is 23.7 Å². The fourth-order valence-electron chi connectivity index (χ4n) is 11.2. The van der Waals surface area contributed by atoms with Crippen LogP contribution >= 0.6 is 15.6 Å². The largest absolute Gasteiger partial charge is 0.472 e. The van der Waals surface area contributed by atoms with E-state index in [0.29, 0.717) is 31.6 Å². The van der Waals surface area contributed by atoms with Crippen molar-refractivity contribution in [3.8, 4) is 0 Å². The van der Waals surface area contributed by atoms with Crippen LogP contribution in [-0.2, 0) is 65.4 Å². The number of ether oxygens (including phenoxy) is 4. The molecule has 3 unspecified atom stereocenters. The Morgan fingerprint density at radius 2 is 0.452 bits per heavy atom. The summed E-state index contributed by atoms with van der Waals surface area (Å²) >= 11 is 0. The van der Waals surface area contributed by atoms with Crippen molar-refractivity contribution < 1.29 is 80.2 Å². The first-order valence-corrected chi connectivity index (χ1v) is 41.2. The van der Waals surface area contributed by atoms with E-state index < -0.39 is 97.5 Å². The number of aliphatic hydroxyl groups excluding tert-OH is 1. The Labute approximate surface area is 568 Å². The van der Waals surface area contributed by atoms with Crippen molar-refractivity contribution in [2.24, 2.45) is 23.7 Å². The fourth-order valence-corrected chi connectivity index (χ4v) is 12.8. The molecule has 0 amide bonds. The SMILES string of the molecule is CC(C)CCCCCCCCCCCCCCCCCCC(=O)OC[C@H](COP(=O)(O)OCC(O)COP(=O)(O)OC[C@@H](COC(=O)CCCCCCCCCC(C)C)OC(=O)CCCCCCCCCCC(C)C)OC(=O)CCCCCCCCCCCCC(C)C. The Balaban J connectivity index is 5.21. The molecule has 93 heavy (non-hydrogen) atoms. The highest BCUT2D eigenvalue weighted by molar-refractivity contribution is 7.47. The molecule has 5 atom stereocenters. The summed E-state index contributed by atoms with van der Waals surface area (Å²) in [5.74, 6) is 0.861. The second kappa shape index (κ2) is 63.5. The molecule has 0 heterocycles. The molecule has 0 aliphatic rings. The van der Waals surface area contributed by atoms with E-state index in [1.165, 1.54) is 167 Å². The van der Waals surface area contributed by atoms with E-state index >= 15 is 0 Å². The normalized spacial score (nSPS) is 14.2. The van der Waals surface area contributed by atoms with Crippen molar-refractivity contribution in [2.75, 3.05) is 39.6 Å². The highest BCUT2D eigenvalue weighted by Crippen LogP contribution is 2.45. The highest BCUT2D eigenvalue weighted by Gasteiger charge is 2.30. The monoisotopic (exact) mass is 1370 g/mol. The molecule has 0 radical (unpaired) electrons. The summed E-state index contributed by atoms with van der Waals surface area (Å²) < 4.78 is 68.4. The average Bonchev–Trinajstić information content (AvgIpc) is 2.02. The summed E-state index contributed by atoms with van der Waals surface area (Å²) in [6.45, 7) is 14.1. The number of phosphoric ester groups is 2. The van der Waals surface area contributed by atoms with Crippen LogP contribution in [0.2, 0.25) is 0 Å². The molecular formula is C74H144O17P2. The number of hydrogen-bond donors (Lipinski definition) is 3. The molecular weight excluding hydrogens is 1220 g/mol. The number of carbonyl (C=O) groups excluding carboxylic acids is 4. The third-order valence-electron chi connectivity index (χ3n) is 17.1. The molecule has 0 bridgehead atoms. The Bertz CT molecular complexity index is 1830. The van der Waals surface area contributed by atoms with Crippen LogP contribution in [0.5, 0.6) is 0 Å². The summed E-state index contributed by atoms with van der Waals surface area (Å²) in [5.41, 5.74) is 0. The predicted molar refractivity (Wildman–Crippen MR) is 377 cm³/mol. The maximum Gasteiger partial charge on any atom is 0.472 e. The number of esters is 4. The fraction of sp³-hybridized carbons (Fsp3) is 0.946. The first-order valence-electron chi connectivity index (χ1n) is 38.2. The highest BCUT2D eigenvalue weighted by atomic mass is 31.2. The van der Waals surface area contributed by atoms with Crippen LogP contribution in [0.4, 0.5) is 0 Å². The number of rotatable bonds is 71. The van der Waals surface area contributed by atoms with Crippen LogP contribution < -0.4 is 0 Å².